The lowest BCUT2D eigenvalue weighted by atomic mass is 10.0. The summed E-state index contributed by atoms with van der Waals surface area (Å²) in [7, 11) is -3.50. The van der Waals surface area contributed by atoms with Gasteiger partial charge in [-0.25, -0.2) is 8.42 Å². The molecular weight excluding hydrogens is 408 g/mol. The number of hydrogen-bond donors (Lipinski definition) is 1. The van der Waals surface area contributed by atoms with E-state index in [4.69, 9.17) is 14.2 Å². The molecule has 0 bridgehead atoms. The maximum atomic E-state index is 12.8. The number of sulfonamides is 1. The highest BCUT2D eigenvalue weighted by atomic mass is 32.2. The Bertz CT molecular complexity index is 1010. The Morgan fingerprint density at radius 2 is 1.80 bits per heavy atom. The first-order valence-corrected chi connectivity index (χ1v) is 11.3. The zero-order valence-corrected chi connectivity index (χ0v) is 17.5. The number of benzene rings is 2. The van der Waals surface area contributed by atoms with Crippen LogP contribution >= 0.6 is 0 Å². The van der Waals surface area contributed by atoms with E-state index in [1.54, 1.807) is 30.3 Å². The summed E-state index contributed by atoms with van der Waals surface area (Å²) in [5.74, 6) is 1.85. The molecule has 0 radical (unpaired) electrons. The van der Waals surface area contributed by atoms with Crippen molar-refractivity contribution in [2.45, 2.75) is 24.7 Å². The average Bonchev–Trinajstić information content (AvgIpc) is 3.21. The minimum absolute atomic E-state index is 0.165. The van der Waals surface area contributed by atoms with E-state index >= 15 is 0 Å². The lowest BCUT2D eigenvalue weighted by molar-refractivity contribution is -0.118. The molecule has 160 valence electrons. The molecule has 9 heteroatoms. The fraction of sp³-hybridized carbons (Fsp3) is 0.381. The van der Waals surface area contributed by atoms with Crippen LogP contribution in [0, 0.1) is 5.92 Å². The van der Waals surface area contributed by atoms with Gasteiger partial charge >= 0.3 is 0 Å². The maximum absolute atomic E-state index is 12.8. The van der Waals surface area contributed by atoms with Gasteiger partial charge in [-0.1, -0.05) is 6.92 Å². The van der Waals surface area contributed by atoms with E-state index in [-0.39, 0.29) is 24.2 Å². The van der Waals surface area contributed by atoms with E-state index in [0.29, 0.717) is 41.9 Å². The quantitative estimate of drug-likeness (QED) is 0.754. The largest absolute Gasteiger partial charge is 0.484 e. The molecule has 30 heavy (non-hydrogen) atoms. The second-order valence-electron chi connectivity index (χ2n) is 7.46. The van der Waals surface area contributed by atoms with E-state index in [9.17, 15) is 13.2 Å². The highest BCUT2D eigenvalue weighted by Crippen LogP contribution is 2.34. The molecule has 1 N–H and O–H groups in total. The second-order valence-corrected chi connectivity index (χ2v) is 9.40. The van der Waals surface area contributed by atoms with Gasteiger partial charge in [0.2, 0.25) is 16.8 Å². The van der Waals surface area contributed by atoms with Crippen molar-refractivity contribution < 1.29 is 27.4 Å². The van der Waals surface area contributed by atoms with Gasteiger partial charge in [-0.15, -0.1) is 0 Å². The monoisotopic (exact) mass is 432 g/mol. The van der Waals surface area contributed by atoms with Crippen LogP contribution in [-0.2, 0) is 14.8 Å². The molecule has 1 amide bonds. The van der Waals surface area contributed by atoms with E-state index < -0.39 is 10.0 Å². The topological polar surface area (TPSA) is 94.2 Å². The molecule has 1 saturated heterocycles. The summed E-state index contributed by atoms with van der Waals surface area (Å²) in [4.78, 5) is 12.4. The third-order valence-corrected chi connectivity index (χ3v) is 7.14. The average molecular weight is 432 g/mol. The number of ether oxygens (including phenoxy) is 3. The van der Waals surface area contributed by atoms with Gasteiger partial charge in [-0.05, 0) is 55.2 Å². The van der Waals surface area contributed by atoms with Crippen LogP contribution in [0.1, 0.15) is 19.8 Å². The number of hydrogen-bond acceptors (Lipinski definition) is 6. The first-order chi connectivity index (χ1) is 14.4. The number of carbonyl (C=O) groups is 1. The van der Waals surface area contributed by atoms with Crippen molar-refractivity contribution in [3.63, 3.8) is 0 Å². The molecule has 2 aliphatic rings. The lowest BCUT2D eigenvalue weighted by Gasteiger charge is -2.29. The van der Waals surface area contributed by atoms with Crippen LogP contribution in [0.15, 0.2) is 47.4 Å². The van der Waals surface area contributed by atoms with Crippen molar-refractivity contribution in [2.24, 2.45) is 5.92 Å². The number of nitrogens with one attached hydrogen (secondary N) is 1. The van der Waals surface area contributed by atoms with Gasteiger partial charge in [0, 0.05) is 24.8 Å². The van der Waals surface area contributed by atoms with Gasteiger partial charge in [0.1, 0.15) is 5.75 Å². The number of anilines is 1. The zero-order valence-electron chi connectivity index (χ0n) is 16.7. The lowest BCUT2D eigenvalue weighted by Crippen LogP contribution is -2.37. The highest BCUT2D eigenvalue weighted by molar-refractivity contribution is 7.89. The van der Waals surface area contributed by atoms with Crippen molar-refractivity contribution in [3.05, 3.63) is 42.5 Å². The summed E-state index contributed by atoms with van der Waals surface area (Å²) < 4.78 is 43.0. The Kier molecular flexibility index (Phi) is 5.83. The number of piperidine rings is 1. The van der Waals surface area contributed by atoms with Crippen LogP contribution in [0.5, 0.6) is 17.2 Å². The van der Waals surface area contributed by atoms with Crippen molar-refractivity contribution in [3.8, 4) is 17.2 Å². The molecule has 2 aromatic carbocycles. The van der Waals surface area contributed by atoms with Crippen molar-refractivity contribution >= 4 is 21.6 Å². The van der Waals surface area contributed by atoms with Gasteiger partial charge in [0.05, 0.1) is 4.90 Å². The number of carbonyl (C=O) groups excluding carboxylic acids is 1. The Morgan fingerprint density at radius 1 is 1.10 bits per heavy atom. The van der Waals surface area contributed by atoms with E-state index in [1.165, 1.54) is 16.4 Å². The van der Waals surface area contributed by atoms with Crippen LogP contribution in [0.2, 0.25) is 0 Å². The molecule has 2 aliphatic heterocycles. The van der Waals surface area contributed by atoms with Crippen LogP contribution in [0.3, 0.4) is 0 Å². The summed E-state index contributed by atoms with van der Waals surface area (Å²) in [5.41, 5.74) is 0.574. The molecule has 0 aromatic heterocycles. The Hall–Kier alpha value is -2.78. The van der Waals surface area contributed by atoms with Crippen LogP contribution < -0.4 is 19.5 Å². The number of nitrogens with zero attached hydrogens (tertiary/aromatic N) is 1. The van der Waals surface area contributed by atoms with Gasteiger partial charge in [-0.3, -0.25) is 4.79 Å². The molecule has 2 heterocycles. The summed E-state index contributed by atoms with van der Waals surface area (Å²) in [6.07, 6.45) is 1.75. The van der Waals surface area contributed by atoms with Crippen molar-refractivity contribution in [1.29, 1.82) is 0 Å². The zero-order chi connectivity index (χ0) is 21.1. The molecule has 0 atom stereocenters. The molecule has 0 saturated carbocycles. The second kappa shape index (κ2) is 8.53. The smallest absolute Gasteiger partial charge is 0.262 e. The fourth-order valence-corrected chi connectivity index (χ4v) is 4.87. The molecule has 4 rings (SSSR count). The fourth-order valence-electron chi connectivity index (χ4n) is 3.40. The van der Waals surface area contributed by atoms with Crippen LogP contribution in [0.4, 0.5) is 5.69 Å². The first kappa shape index (κ1) is 20.5. The third-order valence-electron chi connectivity index (χ3n) is 5.23. The Morgan fingerprint density at radius 3 is 2.53 bits per heavy atom. The summed E-state index contributed by atoms with van der Waals surface area (Å²) in [6, 6.07) is 11.3. The van der Waals surface area contributed by atoms with Gasteiger partial charge in [0.15, 0.2) is 18.1 Å². The molecular formula is C21H24N2O6S. The van der Waals surface area contributed by atoms with E-state index in [1.807, 2.05) is 0 Å². The molecule has 0 spiro atoms. The number of amides is 1. The number of rotatable bonds is 6. The molecule has 8 nitrogen and oxygen atoms in total. The van der Waals surface area contributed by atoms with Crippen LogP contribution in [0.25, 0.3) is 0 Å². The molecule has 0 unspecified atom stereocenters. The molecule has 2 aromatic rings. The summed E-state index contributed by atoms with van der Waals surface area (Å²) >= 11 is 0. The predicted molar refractivity (Wildman–Crippen MR) is 110 cm³/mol. The third kappa shape index (κ3) is 4.52. The Labute approximate surface area is 175 Å². The molecule has 0 aliphatic carbocycles. The SMILES string of the molecule is CC1CCN(S(=O)(=O)c2ccc(OCC(=O)Nc3ccc4c(c3)OCO4)cc2)CC1. The Balaban J connectivity index is 1.32. The first-order valence-electron chi connectivity index (χ1n) is 9.84. The van der Waals surface area contributed by atoms with E-state index in [0.717, 1.165) is 12.8 Å². The van der Waals surface area contributed by atoms with Gasteiger partial charge in [-0.2, -0.15) is 4.31 Å². The number of fused-ring (bicyclic) bond motifs is 1. The van der Waals surface area contributed by atoms with Gasteiger partial charge < -0.3 is 19.5 Å². The summed E-state index contributed by atoms with van der Waals surface area (Å²) in [6.45, 7) is 3.19. The maximum Gasteiger partial charge on any atom is 0.262 e. The highest BCUT2D eigenvalue weighted by Gasteiger charge is 2.28. The van der Waals surface area contributed by atoms with Crippen LogP contribution in [-0.4, -0.2) is 45.1 Å². The molecule has 1 fully saturated rings. The standard InChI is InChI=1S/C21H24N2O6S/c1-15-8-10-23(11-9-15)30(25,26)18-5-3-17(4-6-18)27-13-21(24)22-16-2-7-19-20(12-16)29-14-28-19/h2-7,12,15H,8-11,13-14H2,1H3,(H,22,24). The minimum Gasteiger partial charge on any atom is -0.484 e. The van der Waals surface area contributed by atoms with Gasteiger partial charge in [0.25, 0.3) is 5.91 Å². The van der Waals surface area contributed by atoms with E-state index in [2.05, 4.69) is 12.2 Å². The summed E-state index contributed by atoms with van der Waals surface area (Å²) in [5, 5.41) is 2.72. The van der Waals surface area contributed by atoms with Crippen molar-refractivity contribution in [1.82, 2.24) is 4.31 Å². The normalized spacial score (nSPS) is 17.0. The predicted octanol–water partition coefficient (Wildman–Crippen LogP) is 2.85. The minimum atomic E-state index is -3.50. The van der Waals surface area contributed by atoms with Crippen molar-refractivity contribution in [2.75, 3.05) is 31.8 Å².